The van der Waals surface area contributed by atoms with E-state index in [4.69, 9.17) is 4.74 Å². The van der Waals surface area contributed by atoms with E-state index in [9.17, 15) is 14.0 Å². The number of para-hydroxylation sites is 1. The molecule has 7 heteroatoms. The molecule has 29 heavy (non-hydrogen) atoms. The van der Waals surface area contributed by atoms with E-state index in [2.05, 4.69) is 15.6 Å². The Morgan fingerprint density at radius 1 is 0.897 bits per heavy atom. The molecule has 2 amide bonds. The average molecular weight is 393 g/mol. The monoisotopic (exact) mass is 393 g/mol. The highest BCUT2D eigenvalue weighted by molar-refractivity contribution is 5.99. The maximum atomic E-state index is 13.7. The Kier molecular flexibility index (Phi) is 6.52. The molecule has 1 aromatic heterocycles. The van der Waals surface area contributed by atoms with E-state index < -0.39 is 11.7 Å². The van der Waals surface area contributed by atoms with Gasteiger partial charge >= 0.3 is 0 Å². The molecule has 0 aliphatic rings. The van der Waals surface area contributed by atoms with Gasteiger partial charge < -0.3 is 15.4 Å². The van der Waals surface area contributed by atoms with Crippen molar-refractivity contribution >= 4 is 11.8 Å². The van der Waals surface area contributed by atoms with E-state index in [1.165, 1.54) is 24.5 Å². The van der Waals surface area contributed by atoms with Crippen molar-refractivity contribution in [3.05, 3.63) is 95.1 Å². The molecule has 0 spiro atoms. The smallest absolute Gasteiger partial charge is 0.253 e. The van der Waals surface area contributed by atoms with Crippen LogP contribution in [0.5, 0.6) is 5.75 Å². The molecule has 0 aliphatic heterocycles. The molecule has 2 aromatic carbocycles. The molecule has 0 saturated heterocycles. The molecule has 0 unspecified atom stereocenters. The number of ether oxygens (including phenoxy) is 1. The van der Waals surface area contributed by atoms with Crippen molar-refractivity contribution in [1.82, 2.24) is 15.6 Å². The predicted octanol–water partition coefficient (Wildman–Crippen LogP) is 3.09. The molecule has 0 radical (unpaired) electrons. The molecule has 0 atom stereocenters. The number of carbonyl (C=O) groups is 2. The number of aromatic nitrogens is 1. The summed E-state index contributed by atoms with van der Waals surface area (Å²) in [6, 6.07) is 15.0. The van der Waals surface area contributed by atoms with Gasteiger partial charge in [-0.25, -0.2) is 4.39 Å². The van der Waals surface area contributed by atoms with E-state index in [0.717, 1.165) is 5.56 Å². The summed E-state index contributed by atoms with van der Waals surface area (Å²) in [5, 5.41) is 5.41. The summed E-state index contributed by atoms with van der Waals surface area (Å²) in [6.45, 7) is 0.308. The minimum Gasteiger partial charge on any atom is -0.496 e. The normalized spacial score (nSPS) is 10.3. The van der Waals surface area contributed by atoms with Crippen molar-refractivity contribution in [1.29, 1.82) is 0 Å². The Hall–Kier alpha value is -3.74. The highest BCUT2D eigenvalue weighted by atomic mass is 19.1. The Morgan fingerprint density at radius 2 is 1.45 bits per heavy atom. The second-order valence-electron chi connectivity index (χ2n) is 6.23. The van der Waals surface area contributed by atoms with Crippen LogP contribution < -0.4 is 15.4 Å². The molecular weight excluding hydrogens is 373 g/mol. The van der Waals surface area contributed by atoms with Gasteiger partial charge in [-0.1, -0.05) is 36.4 Å². The first-order valence-electron chi connectivity index (χ1n) is 8.95. The molecular formula is C22H20FN3O3. The van der Waals surface area contributed by atoms with Gasteiger partial charge in [-0.2, -0.15) is 0 Å². The molecule has 148 valence electrons. The van der Waals surface area contributed by atoms with Gasteiger partial charge in [0.25, 0.3) is 11.8 Å². The number of benzene rings is 2. The average Bonchev–Trinajstić information content (AvgIpc) is 2.77. The SMILES string of the molecule is COc1ccccc1CNC(=O)c1cncc(C(=O)NCc2ccccc2F)c1. The first-order valence-corrected chi connectivity index (χ1v) is 8.95. The fourth-order valence-electron chi connectivity index (χ4n) is 2.73. The van der Waals surface area contributed by atoms with Crippen LogP contribution in [-0.4, -0.2) is 23.9 Å². The number of nitrogens with one attached hydrogen (secondary N) is 2. The molecule has 2 N–H and O–H groups in total. The van der Waals surface area contributed by atoms with Crippen molar-refractivity contribution in [2.24, 2.45) is 0 Å². The number of methoxy groups -OCH3 is 1. The number of halogens is 1. The summed E-state index contributed by atoms with van der Waals surface area (Å²) < 4.78 is 18.9. The number of carbonyl (C=O) groups excluding carboxylic acids is 2. The summed E-state index contributed by atoms with van der Waals surface area (Å²) in [4.78, 5) is 28.8. The van der Waals surface area contributed by atoms with Crippen LogP contribution in [0.15, 0.2) is 67.0 Å². The van der Waals surface area contributed by atoms with Gasteiger partial charge in [0, 0.05) is 36.6 Å². The van der Waals surface area contributed by atoms with E-state index in [1.54, 1.807) is 25.3 Å². The van der Waals surface area contributed by atoms with Crippen LogP contribution in [0.2, 0.25) is 0 Å². The van der Waals surface area contributed by atoms with E-state index in [1.807, 2.05) is 24.3 Å². The molecule has 0 fully saturated rings. The summed E-state index contributed by atoms with van der Waals surface area (Å²) >= 11 is 0. The van der Waals surface area contributed by atoms with E-state index in [0.29, 0.717) is 11.3 Å². The summed E-state index contributed by atoms with van der Waals surface area (Å²) in [6.07, 6.45) is 2.74. The Balaban J connectivity index is 1.63. The topological polar surface area (TPSA) is 80.3 Å². The van der Waals surface area contributed by atoms with Crippen molar-refractivity contribution in [3.63, 3.8) is 0 Å². The zero-order valence-corrected chi connectivity index (χ0v) is 15.8. The maximum absolute atomic E-state index is 13.7. The molecule has 6 nitrogen and oxygen atoms in total. The van der Waals surface area contributed by atoms with E-state index in [-0.39, 0.29) is 30.1 Å². The van der Waals surface area contributed by atoms with Crippen LogP contribution in [0.4, 0.5) is 4.39 Å². The summed E-state index contributed by atoms with van der Waals surface area (Å²) in [5.41, 5.74) is 1.67. The third-order valence-corrected chi connectivity index (χ3v) is 4.29. The number of amides is 2. The molecule has 0 aliphatic carbocycles. The molecule has 3 aromatic rings. The Morgan fingerprint density at radius 3 is 2.07 bits per heavy atom. The second-order valence-corrected chi connectivity index (χ2v) is 6.23. The van der Waals surface area contributed by atoms with Gasteiger partial charge in [0.1, 0.15) is 11.6 Å². The third-order valence-electron chi connectivity index (χ3n) is 4.29. The summed E-state index contributed by atoms with van der Waals surface area (Å²) in [5.74, 6) is -0.533. The first kappa shape index (κ1) is 20.0. The number of nitrogens with zero attached hydrogens (tertiary/aromatic N) is 1. The zero-order valence-electron chi connectivity index (χ0n) is 15.8. The van der Waals surface area contributed by atoms with Crippen molar-refractivity contribution < 1.29 is 18.7 Å². The van der Waals surface area contributed by atoms with Crippen LogP contribution >= 0.6 is 0 Å². The quantitative estimate of drug-likeness (QED) is 0.647. The van der Waals surface area contributed by atoms with E-state index >= 15 is 0 Å². The number of hydrogen-bond acceptors (Lipinski definition) is 4. The van der Waals surface area contributed by atoms with Gasteiger partial charge in [-0.15, -0.1) is 0 Å². The maximum Gasteiger partial charge on any atom is 0.253 e. The van der Waals surface area contributed by atoms with Gasteiger partial charge in [0.2, 0.25) is 0 Å². The lowest BCUT2D eigenvalue weighted by Gasteiger charge is -2.10. The highest BCUT2D eigenvalue weighted by Gasteiger charge is 2.13. The van der Waals surface area contributed by atoms with Gasteiger partial charge in [0.15, 0.2) is 0 Å². The first-order chi connectivity index (χ1) is 14.1. The highest BCUT2D eigenvalue weighted by Crippen LogP contribution is 2.17. The van der Waals surface area contributed by atoms with Gasteiger partial charge in [-0.05, 0) is 18.2 Å². The standard InChI is InChI=1S/C22H20FN3O3/c1-29-20-9-5-3-7-16(20)14-26-22(28)18-10-17(11-24-12-18)21(27)25-13-15-6-2-4-8-19(15)23/h2-12H,13-14H2,1H3,(H,25,27)(H,26,28). The molecule has 0 bridgehead atoms. The number of hydrogen-bond donors (Lipinski definition) is 2. The van der Waals surface area contributed by atoms with Gasteiger partial charge in [-0.3, -0.25) is 14.6 Å². The van der Waals surface area contributed by atoms with Crippen molar-refractivity contribution in [3.8, 4) is 5.75 Å². The van der Waals surface area contributed by atoms with Crippen molar-refractivity contribution in [2.75, 3.05) is 7.11 Å². The third kappa shape index (κ3) is 5.16. The largest absolute Gasteiger partial charge is 0.496 e. The minimum atomic E-state index is -0.444. The fourth-order valence-corrected chi connectivity index (χ4v) is 2.73. The number of rotatable bonds is 7. The minimum absolute atomic E-state index is 0.0374. The number of pyridine rings is 1. The second kappa shape index (κ2) is 9.45. The lowest BCUT2D eigenvalue weighted by Crippen LogP contribution is -2.26. The van der Waals surface area contributed by atoms with Crippen molar-refractivity contribution in [2.45, 2.75) is 13.1 Å². The van der Waals surface area contributed by atoms with Crippen LogP contribution in [0.3, 0.4) is 0 Å². The molecule has 1 heterocycles. The predicted molar refractivity (Wildman–Crippen MR) is 106 cm³/mol. The van der Waals surface area contributed by atoms with Crippen LogP contribution in [0.25, 0.3) is 0 Å². The Bertz CT molecular complexity index is 1020. The van der Waals surface area contributed by atoms with Crippen LogP contribution in [0.1, 0.15) is 31.8 Å². The lowest BCUT2D eigenvalue weighted by molar-refractivity contribution is 0.0950. The molecule has 3 rings (SSSR count). The van der Waals surface area contributed by atoms with Gasteiger partial charge in [0.05, 0.1) is 18.2 Å². The van der Waals surface area contributed by atoms with Crippen LogP contribution in [0, 0.1) is 5.82 Å². The zero-order chi connectivity index (χ0) is 20.6. The summed E-state index contributed by atoms with van der Waals surface area (Å²) in [7, 11) is 1.56. The fraction of sp³-hybridized carbons (Fsp3) is 0.136. The van der Waals surface area contributed by atoms with Crippen LogP contribution in [-0.2, 0) is 13.1 Å². The Labute approximate surface area is 167 Å². The molecule has 0 saturated carbocycles. The lowest BCUT2D eigenvalue weighted by atomic mass is 10.1.